The summed E-state index contributed by atoms with van der Waals surface area (Å²) in [5.74, 6) is 0.0808. The zero-order valence-corrected chi connectivity index (χ0v) is 10.5. The van der Waals surface area contributed by atoms with Crippen LogP contribution in [-0.4, -0.2) is 42.0 Å². The number of carbonyl (C=O) groups excluding carboxylic acids is 1. The highest BCUT2D eigenvalue weighted by molar-refractivity contribution is 6.20. The molecule has 0 N–H and O–H groups in total. The van der Waals surface area contributed by atoms with Gasteiger partial charge in [-0.05, 0) is 33.1 Å². The van der Waals surface area contributed by atoms with Gasteiger partial charge in [-0.15, -0.1) is 11.6 Å². The molecule has 0 saturated carbocycles. The van der Waals surface area contributed by atoms with Gasteiger partial charge in [0, 0.05) is 25.6 Å². The molecule has 0 aromatic rings. The van der Waals surface area contributed by atoms with E-state index in [4.69, 9.17) is 16.3 Å². The molecule has 0 spiro atoms. The molecule has 1 saturated heterocycles. The monoisotopic (exact) mass is 233 g/mol. The highest BCUT2D eigenvalue weighted by Gasteiger charge is 2.39. The topological polar surface area (TPSA) is 29.5 Å². The minimum atomic E-state index is -0.593. The summed E-state index contributed by atoms with van der Waals surface area (Å²) in [6.07, 6.45) is 2.62. The Kier molecular flexibility index (Phi) is 4.41. The van der Waals surface area contributed by atoms with Gasteiger partial charge in [-0.2, -0.15) is 0 Å². The third kappa shape index (κ3) is 3.35. The summed E-state index contributed by atoms with van der Waals surface area (Å²) in [4.78, 5) is 13.8. The number of amides is 1. The smallest absolute Gasteiger partial charge is 0.254 e. The summed E-state index contributed by atoms with van der Waals surface area (Å²) in [6, 6.07) is 0. The summed E-state index contributed by atoms with van der Waals surface area (Å²) in [6.45, 7) is 5.21. The van der Waals surface area contributed by atoms with Gasteiger partial charge in [0.15, 0.2) is 0 Å². The second-order valence-electron chi connectivity index (χ2n) is 4.48. The minimum Gasteiger partial charge on any atom is -0.365 e. The van der Waals surface area contributed by atoms with E-state index in [1.165, 1.54) is 0 Å². The number of hydrogen-bond acceptors (Lipinski definition) is 2. The molecule has 1 fully saturated rings. The lowest BCUT2D eigenvalue weighted by atomic mass is 10.0. The van der Waals surface area contributed by atoms with Gasteiger partial charge in [-0.3, -0.25) is 4.79 Å². The summed E-state index contributed by atoms with van der Waals surface area (Å²) in [5.41, 5.74) is -0.593. The molecule has 0 bridgehead atoms. The minimum absolute atomic E-state index is 0.0808. The summed E-state index contributed by atoms with van der Waals surface area (Å²) >= 11 is 5.85. The van der Waals surface area contributed by atoms with Crippen molar-refractivity contribution in [2.24, 2.45) is 0 Å². The van der Waals surface area contributed by atoms with E-state index < -0.39 is 5.60 Å². The lowest BCUT2D eigenvalue weighted by molar-refractivity contribution is -0.149. The number of hydrogen-bond donors (Lipinski definition) is 0. The van der Waals surface area contributed by atoms with Crippen molar-refractivity contribution in [2.75, 3.05) is 20.2 Å². The van der Waals surface area contributed by atoms with Crippen LogP contribution in [-0.2, 0) is 9.53 Å². The first-order valence-corrected chi connectivity index (χ1v) is 5.93. The second kappa shape index (κ2) is 5.17. The molecule has 1 heterocycles. The van der Waals surface area contributed by atoms with E-state index in [0.29, 0.717) is 13.2 Å². The Hall–Kier alpha value is -0.280. The van der Waals surface area contributed by atoms with Gasteiger partial charge < -0.3 is 9.64 Å². The maximum absolute atomic E-state index is 12.0. The van der Waals surface area contributed by atoms with Gasteiger partial charge in [-0.1, -0.05) is 0 Å². The summed E-state index contributed by atoms with van der Waals surface area (Å²) in [5, 5.41) is 0.109. The molecular formula is C11H20ClNO2. The van der Waals surface area contributed by atoms with Crippen LogP contribution in [0.15, 0.2) is 0 Å². The molecule has 0 radical (unpaired) electrons. The molecule has 0 aromatic heterocycles. The number of carbonyl (C=O) groups is 1. The normalized spacial score (nSPS) is 27.7. The van der Waals surface area contributed by atoms with Gasteiger partial charge in [0.05, 0.1) is 0 Å². The number of ether oxygens (including phenoxy) is 1. The number of likely N-dealkylation sites (N-methyl/N-ethyl adjacent to an activating group) is 1. The van der Waals surface area contributed by atoms with Crippen molar-refractivity contribution >= 4 is 17.5 Å². The molecule has 0 aliphatic carbocycles. The first-order chi connectivity index (χ1) is 6.96. The SMILES string of the molecule is CC(Cl)CCN(C)C(=O)C1(C)CCCO1. The van der Waals surface area contributed by atoms with Gasteiger partial charge in [0.25, 0.3) is 5.91 Å². The largest absolute Gasteiger partial charge is 0.365 e. The fourth-order valence-corrected chi connectivity index (χ4v) is 1.92. The lowest BCUT2D eigenvalue weighted by Crippen LogP contribution is -2.45. The van der Waals surface area contributed by atoms with Gasteiger partial charge in [0.1, 0.15) is 5.60 Å². The van der Waals surface area contributed by atoms with E-state index >= 15 is 0 Å². The zero-order chi connectivity index (χ0) is 11.5. The van der Waals surface area contributed by atoms with E-state index in [1.807, 2.05) is 20.9 Å². The van der Waals surface area contributed by atoms with Crippen molar-refractivity contribution in [3.05, 3.63) is 0 Å². The van der Waals surface area contributed by atoms with Gasteiger partial charge in [-0.25, -0.2) is 0 Å². The van der Waals surface area contributed by atoms with Crippen LogP contribution in [0.5, 0.6) is 0 Å². The van der Waals surface area contributed by atoms with Crippen molar-refractivity contribution in [1.82, 2.24) is 4.90 Å². The average molecular weight is 234 g/mol. The Morgan fingerprint density at radius 3 is 2.80 bits per heavy atom. The van der Waals surface area contributed by atoms with Crippen LogP contribution in [0.3, 0.4) is 0 Å². The molecule has 88 valence electrons. The standard InChI is InChI=1S/C11H20ClNO2/c1-9(12)5-7-13(3)10(14)11(2)6-4-8-15-11/h9H,4-8H2,1-3H3. The molecule has 1 amide bonds. The van der Waals surface area contributed by atoms with Crippen molar-refractivity contribution in [3.8, 4) is 0 Å². The van der Waals surface area contributed by atoms with Crippen LogP contribution < -0.4 is 0 Å². The molecule has 2 atom stereocenters. The van der Waals surface area contributed by atoms with E-state index in [9.17, 15) is 4.79 Å². The maximum Gasteiger partial charge on any atom is 0.254 e. The molecule has 4 heteroatoms. The average Bonchev–Trinajstić information content (AvgIpc) is 2.61. The Balaban J connectivity index is 2.44. The van der Waals surface area contributed by atoms with E-state index in [1.54, 1.807) is 4.90 Å². The number of rotatable bonds is 4. The van der Waals surface area contributed by atoms with Crippen LogP contribution in [0.4, 0.5) is 0 Å². The fraction of sp³-hybridized carbons (Fsp3) is 0.909. The van der Waals surface area contributed by atoms with Crippen molar-refractivity contribution in [2.45, 2.75) is 44.1 Å². The second-order valence-corrected chi connectivity index (χ2v) is 5.22. The third-order valence-electron chi connectivity index (χ3n) is 2.88. The van der Waals surface area contributed by atoms with Crippen LogP contribution in [0.1, 0.15) is 33.1 Å². The first-order valence-electron chi connectivity index (χ1n) is 5.49. The Bertz CT molecular complexity index is 225. The van der Waals surface area contributed by atoms with Crippen molar-refractivity contribution in [1.29, 1.82) is 0 Å². The fourth-order valence-electron chi connectivity index (χ4n) is 1.82. The van der Waals surface area contributed by atoms with Crippen LogP contribution in [0.25, 0.3) is 0 Å². The van der Waals surface area contributed by atoms with E-state index in [0.717, 1.165) is 19.3 Å². The molecule has 2 unspecified atom stereocenters. The van der Waals surface area contributed by atoms with Gasteiger partial charge >= 0.3 is 0 Å². The Morgan fingerprint density at radius 2 is 2.33 bits per heavy atom. The molecule has 3 nitrogen and oxygen atoms in total. The van der Waals surface area contributed by atoms with Crippen molar-refractivity contribution in [3.63, 3.8) is 0 Å². The summed E-state index contributed by atoms with van der Waals surface area (Å²) in [7, 11) is 1.81. The number of halogens is 1. The van der Waals surface area contributed by atoms with E-state index in [2.05, 4.69) is 0 Å². The molecule has 1 aliphatic heterocycles. The van der Waals surface area contributed by atoms with Crippen molar-refractivity contribution < 1.29 is 9.53 Å². The predicted octanol–water partition coefficient (Wildman–Crippen LogP) is 2.03. The molecule has 0 aromatic carbocycles. The van der Waals surface area contributed by atoms with Crippen LogP contribution in [0.2, 0.25) is 0 Å². The van der Waals surface area contributed by atoms with E-state index in [-0.39, 0.29) is 11.3 Å². The molecule has 1 rings (SSSR count). The third-order valence-corrected chi connectivity index (χ3v) is 3.10. The zero-order valence-electron chi connectivity index (χ0n) is 9.75. The highest BCUT2D eigenvalue weighted by atomic mass is 35.5. The molecule has 15 heavy (non-hydrogen) atoms. The first kappa shape index (κ1) is 12.8. The van der Waals surface area contributed by atoms with Crippen LogP contribution in [0, 0.1) is 0 Å². The molecule has 1 aliphatic rings. The number of nitrogens with zero attached hydrogens (tertiary/aromatic N) is 1. The number of alkyl halides is 1. The lowest BCUT2D eigenvalue weighted by Gasteiger charge is -2.28. The predicted molar refractivity (Wildman–Crippen MR) is 61.2 cm³/mol. The summed E-state index contributed by atoms with van der Waals surface area (Å²) < 4.78 is 5.51. The molecular weight excluding hydrogens is 214 g/mol. The maximum atomic E-state index is 12.0. The Labute approximate surface area is 96.7 Å². The van der Waals surface area contributed by atoms with Gasteiger partial charge in [0.2, 0.25) is 0 Å². The van der Waals surface area contributed by atoms with Crippen LogP contribution >= 0.6 is 11.6 Å². The Morgan fingerprint density at radius 1 is 1.67 bits per heavy atom. The quantitative estimate of drug-likeness (QED) is 0.696. The highest BCUT2D eigenvalue weighted by Crippen LogP contribution is 2.26.